The second-order valence-electron chi connectivity index (χ2n) is 4.49. The van der Waals surface area contributed by atoms with Gasteiger partial charge in [-0.25, -0.2) is 0 Å². The Morgan fingerprint density at radius 1 is 1.26 bits per heavy atom. The molecular formula is C16H17NO2. The molecule has 1 aromatic carbocycles. The summed E-state index contributed by atoms with van der Waals surface area (Å²) in [4.78, 5) is 11.7. The highest BCUT2D eigenvalue weighted by Gasteiger charge is 2.06. The summed E-state index contributed by atoms with van der Waals surface area (Å²) in [6, 6.07) is 11.7. The molecule has 0 saturated carbocycles. The van der Waals surface area contributed by atoms with Gasteiger partial charge in [0.1, 0.15) is 5.76 Å². The lowest BCUT2D eigenvalue weighted by atomic mass is 10.1. The van der Waals surface area contributed by atoms with Gasteiger partial charge in [0, 0.05) is 6.08 Å². The zero-order valence-electron chi connectivity index (χ0n) is 11.1. The lowest BCUT2D eigenvalue weighted by Crippen LogP contribution is -2.24. The number of rotatable bonds is 4. The average Bonchev–Trinajstić information content (AvgIpc) is 2.90. The van der Waals surface area contributed by atoms with E-state index in [0.29, 0.717) is 5.76 Å². The monoisotopic (exact) mass is 255 g/mol. The zero-order chi connectivity index (χ0) is 13.7. The number of furan rings is 1. The van der Waals surface area contributed by atoms with Crippen molar-refractivity contribution in [2.45, 2.75) is 19.9 Å². The van der Waals surface area contributed by atoms with E-state index >= 15 is 0 Å². The second kappa shape index (κ2) is 6.05. The van der Waals surface area contributed by atoms with Crippen molar-refractivity contribution in [2.24, 2.45) is 0 Å². The van der Waals surface area contributed by atoms with Crippen LogP contribution in [0.15, 0.2) is 53.2 Å². The maximum atomic E-state index is 11.7. The van der Waals surface area contributed by atoms with E-state index in [-0.39, 0.29) is 11.9 Å². The fourth-order valence-corrected chi connectivity index (χ4v) is 1.74. The first kappa shape index (κ1) is 13.1. The van der Waals surface area contributed by atoms with Gasteiger partial charge in [-0.05, 0) is 37.6 Å². The third-order valence-electron chi connectivity index (χ3n) is 2.88. The Balaban J connectivity index is 1.93. The van der Waals surface area contributed by atoms with E-state index in [4.69, 9.17) is 4.42 Å². The maximum absolute atomic E-state index is 11.7. The maximum Gasteiger partial charge on any atom is 0.244 e. The molecule has 2 rings (SSSR count). The van der Waals surface area contributed by atoms with Gasteiger partial charge in [-0.3, -0.25) is 4.79 Å². The zero-order valence-corrected chi connectivity index (χ0v) is 11.1. The summed E-state index contributed by atoms with van der Waals surface area (Å²) in [6.45, 7) is 4.00. The molecule has 1 amide bonds. The summed E-state index contributed by atoms with van der Waals surface area (Å²) in [5.41, 5.74) is 2.30. The largest absolute Gasteiger partial charge is 0.465 e. The van der Waals surface area contributed by atoms with Crippen molar-refractivity contribution in [1.82, 2.24) is 5.32 Å². The fourth-order valence-electron chi connectivity index (χ4n) is 1.74. The molecule has 1 N–H and O–H groups in total. The number of carbonyl (C=O) groups is 1. The molecule has 0 bridgehead atoms. The lowest BCUT2D eigenvalue weighted by Gasteiger charge is -2.13. The summed E-state index contributed by atoms with van der Waals surface area (Å²) >= 11 is 0. The number of hydrogen-bond acceptors (Lipinski definition) is 2. The van der Waals surface area contributed by atoms with Gasteiger partial charge in [-0.2, -0.15) is 0 Å². The van der Waals surface area contributed by atoms with Gasteiger partial charge >= 0.3 is 0 Å². The van der Waals surface area contributed by atoms with Crippen LogP contribution in [0.5, 0.6) is 0 Å². The van der Waals surface area contributed by atoms with Gasteiger partial charge in [-0.15, -0.1) is 0 Å². The highest BCUT2D eigenvalue weighted by Crippen LogP contribution is 2.13. The minimum absolute atomic E-state index is 0.0191. The van der Waals surface area contributed by atoms with Crippen LogP contribution in [0.1, 0.15) is 29.9 Å². The summed E-state index contributed by atoms with van der Waals surface area (Å²) in [7, 11) is 0. The Bertz CT molecular complexity index is 553. The molecule has 19 heavy (non-hydrogen) atoms. The topological polar surface area (TPSA) is 42.2 Å². The quantitative estimate of drug-likeness (QED) is 0.850. The van der Waals surface area contributed by atoms with Crippen molar-refractivity contribution in [3.8, 4) is 0 Å². The molecule has 1 unspecified atom stereocenters. The predicted molar refractivity (Wildman–Crippen MR) is 75.5 cm³/mol. The molecule has 0 spiro atoms. The van der Waals surface area contributed by atoms with Crippen LogP contribution in [0.3, 0.4) is 0 Å². The minimum atomic E-state index is -0.135. The van der Waals surface area contributed by atoms with E-state index in [0.717, 1.165) is 5.56 Å². The standard InChI is InChI=1S/C16H17NO2/c1-12-5-7-14(8-6-12)13(2)17-16(18)10-9-15-4-3-11-19-15/h3-11,13H,1-2H3,(H,17,18)/b10-9+. The normalized spacial score (nSPS) is 12.5. The van der Waals surface area contributed by atoms with Crippen molar-refractivity contribution in [3.63, 3.8) is 0 Å². The van der Waals surface area contributed by atoms with Crippen LogP contribution in [-0.2, 0) is 4.79 Å². The van der Waals surface area contributed by atoms with Crippen LogP contribution in [0, 0.1) is 6.92 Å². The van der Waals surface area contributed by atoms with Crippen LogP contribution in [0.2, 0.25) is 0 Å². The molecule has 0 aliphatic carbocycles. The van der Waals surface area contributed by atoms with Gasteiger partial charge in [0.2, 0.25) is 5.91 Å². The van der Waals surface area contributed by atoms with Crippen LogP contribution in [0.25, 0.3) is 6.08 Å². The predicted octanol–water partition coefficient (Wildman–Crippen LogP) is 3.48. The molecule has 0 aliphatic heterocycles. The lowest BCUT2D eigenvalue weighted by molar-refractivity contribution is -0.117. The number of amides is 1. The van der Waals surface area contributed by atoms with Crippen molar-refractivity contribution in [1.29, 1.82) is 0 Å². The number of benzene rings is 1. The first-order chi connectivity index (χ1) is 9.15. The number of nitrogens with one attached hydrogen (secondary N) is 1. The van der Waals surface area contributed by atoms with Gasteiger partial charge in [0.05, 0.1) is 12.3 Å². The summed E-state index contributed by atoms with van der Waals surface area (Å²) < 4.78 is 5.12. The summed E-state index contributed by atoms with van der Waals surface area (Å²) in [5.74, 6) is 0.530. The van der Waals surface area contributed by atoms with Crippen molar-refractivity contribution >= 4 is 12.0 Å². The second-order valence-corrected chi connectivity index (χ2v) is 4.49. The highest BCUT2D eigenvalue weighted by atomic mass is 16.3. The van der Waals surface area contributed by atoms with Gasteiger partial charge in [-0.1, -0.05) is 29.8 Å². The van der Waals surface area contributed by atoms with Crippen LogP contribution in [-0.4, -0.2) is 5.91 Å². The van der Waals surface area contributed by atoms with E-state index in [1.165, 1.54) is 11.6 Å². The van der Waals surface area contributed by atoms with Gasteiger partial charge in [0.25, 0.3) is 0 Å². The Morgan fingerprint density at radius 3 is 2.63 bits per heavy atom. The first-order valence-electron chi connectivity index (χ1n) is 6.24. The van der Waals surface area contributed by atoms with E-state index in [1.54, 1.807) is 24.5 Å². The smallest absolute Gasteiger partial charge is 0.244 e. The molecule has 0 aliphatic rings. The molecule has 3 heteroatoms. The van der Waals surface area contributed by atoms with Gasteiger partial charge < -0.3 is 9.73 Å². The number of hydrogen-bond donors (Lipinski definition) is 1. The number of carbonyl (C=O) groups excluding carboxylic acids is 1. The number of aryl methyl sites for hydroxylation is 1. The van der Waals surface area contributed by atoms with E-state index in [2.05, 4.69) is 5.32 Å². The van der Waals surface area contributed by atoms with Crippen molar-refractivity contribution in [3.05, 3.63) is 65.6 Å². The molecule has 1 atom stereocenters. The minimum Gasteiger partial charge on any atom is -0.465 e. The molecule has 2 aromatic rings. The summed E-state index contributed by atoms with van der Waals surface area (Å²) in [5, 5.41) is 2.91. The Kier molecular flexibility index (Phi) is 4.18. The van der Waals surface area contributed by atoms with Crippen LogP contribution >= 0.6 is 0 Å². The molecule has 0 radical (unpaired) electrons. The molecule has 0 fully saturated rings. The molecule has 0 saturated heterocycles. The average molecular weight is 255 g/mol. The Hall–Kier alpha value is -2.29. The third-order valence-corrected chi connectivity index (χ3v) is 2.88. The Morgan fingerprint density at radius 2 is 2.00 bits per heavy atom. The highest BCUT2D eigenvalue weighted by molar-refractivity contribution is 5.91. The third kappa shape index (κ3) is 3.85. The van der Waals surface area contributed by atoms with E-state index in [9.17, 15) is 4.79 Å². The van der Waals surface area contributed by atoms with Crippen molar-refractivity contribution in [2.75, 3.05) is 0 Å². The Labute approximate surface area is 112 Å². The van der Waals surface area contributed by atoms with Gasteiger partial charge in [0.15, 0.2) is 0 Å². The van der Waals surface area contributed by atoms with Crippen LogP contribution in [0.4, 0.5) is 0 Å². The molecule has 1 aromatic heterocycles. The SMILES string of the molecule is Cc1ccc(C(C)NC(=O)/C=C/c2ccco2)cc1. The molecule has 1 heterocycles. The van der Waals surface area contributed by atoms with E-state index in [1.807, 2.05) is 38.1 Å². The molecular weight excluding hydrogens is 238 g/mol. The molecule has 3 nitrogen and oxygen atoms in total. The summed E-state index contributed by atoms with van der Waals surface area (Å²) in [6.07, 6.45) is 4.70. The van der Waals surface area contributed by atoms with Crippen LogP contribution < -0.4 is 5.32 Å². The van der Waals surface area contributed by atoms with E-state index < -0.39 is 0 Å². The fraction of sp³-hybridized carbons (Fsp3) is 0.188. The first-order valence-corrected chi connectivity index (χ1v) is 6.24. The molecule has 98 valence electrons. The van der Waals surface area contributed by atoms with Crippen molar-refractivity contribution < 1.29 is 9.21 Å².